The second kappa shape index (κ2) is 10.9. The molecule has 0 aromatic carbocycles. The van der Waals surface area contributed by atoms with Gasteiger partial charge in [0.05, 0.1) is 13.2 Å². The number of rotatable bonds is 9. The molecule has 2 fully saturated rings. The molecule has 140 valence electrons. The first-order valence-corrected chi connectivity index (χ1v) is 9.66. The summed E-state index contributed by atoms with van der Waals surface area (Å²) in [5.41, 5.74) is 6.36. The summed E-state index contributed by atoms with van der Waals surface area (Å²) in [7, 11) is 0. The van der Waals surface area contributed by atoms with Crippen LogP contribution in [0.3, 0.4) is 0 Å². The van der Waals surface area contributed by atoms with Crippen molar-refractivity contribution in [1.82, 2.24) is 10.2 Å². The lowest BCUT2D eigenvalue weighted by Gasteiger charge is -2.41. The van der Waals surface area contributed by atoms with Gasteiger partial charge in [0.15, 0.2) is 5.96 Å². The van der Waals surface area contributed by atoms with Crippen LogP contribution in [0.1, 0.15) is 45.4 Å². The summed E-state index contributed by atoms with van der Waals surface area (Å²) in [5.74, 6) is 0.582. The number of nitrogens with zero attached hydrogens (tertiary/aromatic N) is 2. The second-order valence-electron chi connectivity index (χ2n) is 7.13. The summed E-state index contributed by atoms with van der Waals surface area (Å²) in [6, 6.07) is 0. The van der Waals surface area contributed by atoms with Gasteiger partial charge < -0.3 is 20.5 Å². The Labute approximate surface area is 147 Å². The molecule has 0 amide bonds. The van der Waals surface area contributed by atoms with Crippen molar-refractivity contribution in [2.45, 2.75) is 45.4 Å². The smallest absolute Gasteiger partial charge is 0.188 e. The number of nitrogens with one attached hydrogen (secondary N) is 1. The number of hydrogen-bond donors (Lipinski definition) is 2. The maximum Gasteiger partial charge on any atom is 0.188 e. The largest absolute Gasteiger partial charge is 0.382 e. The Balaban J connectivity index is 1.80. The van der Waals surface area contributed by atoms with Gasteiger partial charge in [-0.2, -0.15) is 0 Å². The van der Waals surface area contributed by atoms with Crippen molar-refractivity contribution < 1.29 is 9.47 Å². The van der Waals surface area contributed by atoms with Crippen LogP contribution in [0.5, 0.6) is 0 Å². The van der Waals surface area contributed by atoms with Gasteiger partial charge in [-0.25, -0.2) is 0 Å². The standard InChI is InChI=1S/C18H36N4O2/c1-2-23-12-6-9-20-17(19)21-15-18(7-4-3-5-8-18)16-22-10-13-24-14-11-22/h2-16H2,1H3,(H3,19,20,21). The van der Waals surface area contributed by atoms with Crippen LogP contribution in [0.25, 0.3) is 0 Å². The van der Waals surface area contributed by atoms with Crippen molar-refractivity contribution in [2.24, 2.45) is 16.1 Å². The first kappa shape index (κ1) is 19.5. The summed E-state index contributed by atoms with van der Waals surface area (Å²) >= 11 is 0. The highest BCUT2D eigenvalue weighted by Gasteiger charge is 2.34. The lowest BCUT2D eigenvalue weighted by Crippen LogP contribution is -2.46. The van der Waals surface area contributed by atoms with Crippen molar-refractivity contribution in [1.29, 1.82) is 0 Å². The van der Waals surface area contributed by atoms with E-state index >= 15 is 0 Å². The number of morpholine rings is 1. The number of aliphatic imine (C=N–C) groups is 1. The summed E-state index contributed by atoms with van der Waals surface area (Å²) in [6.07, 6.45) is 7.50. The fraction of sp³-hybridized carbons (Fsp3) is 0.944. The molecule has 1 saturated heterocycles. The fourth-order valence-electron chi connectivity index (χ4n) is 3.75. The molecule has 1 aliphatic heterocycles. The van der Waals surface area contributed by atoms with E-state index in [-0.39, 0.29) is 0 Å². The van der Waals surface area contributed by atoms with Crippen molar-refractivity contribution in [3.8, 4) is 0 Å². The number of guanidine groups is 1. The molecule has 24 heavy (non-hydrogen) atoms. The minimum atomic E-state index is 0.299. The number of hydrogen-bond acceptors (Lipinski definition) is 4. The summed E-state index contributed by atoms with van der Waals surface area (Å²) in [6.45, 7) is 10.2. The third-order valence-corrected chi connectivity index (χ3v) is 5.14. The molecule has 0 atom stereocenters. The molecule has 0 spiro atoms. The van der Waals surface area contributed by atoms with Crippen LogP contribution in [-0.2, 0) is 9.47 Å². The van der Waals surface area contributed by atoms with E-state index in [0.717, 1.165) is 65.6 Å². The summed E-state index contributed by atoms with van der Waals surface area (Å²) in [5, 5.41) is 3.22. The lowest BCUT2D eigenvalue weighted by atomic mass is 9.73. The van der Waals surface area contributed by atoms with Crippen LogP contribution in [-0.4, -0.2) is 70.0 Å². The van der Waals surface area contributed by atoms with E-state index in [1.807, 2.05) is 6.92 Å². The van der Waals surface area contributed by atoms with E-state index in [2.05, 4.69) is 15.2 Å². The maximum atomic E-state index is 6.06. The van der Waals surface area contributed by atoms with E-state index in [4.69, 9.17) is 15.2 Å². The van der Waals surface area contributed by atoms with E-state index in [1.165, 1.54) is 32.1 Å². The van der Waals surface area contributed by atoms with Gasteiger partial charge >= 0.3 is 0 Å². The highest BCUT2D eigenvalue weighted by molar-refractivity contribution is 5.77. The van der Waals surface area contributed by atoms with E-state index < -0.39 is 0 Å². The Hall–Kier alpha value is -0.850. The number of ether oxygens (including phenoxy) is 2. The zero-order valence-corrected chi connectivity index (χ0v) is 15.4. The predicted octanol–water partition coefficient (Wildman–Crippen LogP) is 1.60. The molecule has 0 bridgehead atoms. The third kappa shape index (κ3) is 6.95. The van der Waals surface area contributed by atoms with Gasteiger partial charge in [0.25, 0.3) is 0 Å². The topological polar surface area (TPSA) is 72.1 Å². The molecule has 3 N–H and O–H groups in total. The summed E-state index contributed by atoms with van der Waals surface area (Å²) < 4.78 is 10.8. The van der Waals surface area contributed by atoms with Crippen molar-refractivity contribution in [2.75, 3.05) is 59.2 Å². The first-order valence-electron chi connectivity index (χ1n) is 9.66. The molecule has 2 rings (SSSR count). The fourth-order valence-corrected chi connectivity index (χ4v) is 3.75. The molecule has 6 heteroatoms. The van der Waals surface area contributed by atoms with Gasteiger partial charge in [-0.1, -0.05) is 19.3 Å². The molecule has 0 aromatic rings. The molecule has 0 radical (unpaired) electrons. The van der Waals surface area contributed by atoms with Crippen LogP contribution < -0.4 is 11.1 Å². The molecule has 0 unspecified atom stereocenters. The van der Waals surface area contributed by atoms with E-state index in [0.29, 0.717) is 11.4 Å². The van der Waals surface area contributed by atoms with Crippen LogP contribution in [0.15, 0.2) is 4.99 Å². The zero-order chi connectivity index (χ0) is 17.1. The summed E-state index contributed by atoms with van der Waals surface area (Å²) in [4.78, 5) is 7.24. The van der Waals surface area contributed by atoms with Gasteiger partial charge in [-0.3, -0.25) is 9.89 Å². The van der Waals surface area contributed by atoms with Crippen molar-refractivity contribution in [3.63, 3.8) is 0 Å². The van der Waals surface area contributed by atoms with Crippen LogP contribution in [0, 0.1) is 5.41 Å². The highest BCUT2D eigenvalue weighted by Crippen LogP contribution is 2.37. The van der Waals surface area contributed by atoms with Gasteiger partial charge in [0.1, 0.15) is 0 Å². The van der Waals surface area contributed by atoms with E-state index in [1.54, 1.807) is 0 Å². The quantitative estimate of drug-likeness (QED) is 0.379. The molecular formula is C18H36N4O2. The number of nitrogens with two attached hydrogens (primary N) is 1. The Morgan fingerprint density at radius 2 is 2.00 bits per heavy atom. The average molecular weight is 341 g/mol. The van der Waals surface area contributed by atoms with Gasteiger partial charge in [0.2, 0.25) is 0 Å². The monoisotopic (exact) mass is 340 g/mol. The Morgan fingerprint density at radius 3 is 2.71 bits per heavy atom. The highest BCUT2D eigenvalue weighted by atomic mass is 16.5. The van der Waals surface area contributed by atoms with E-state index in [9.17, 15) is 0 Å². The SMILES string of the molecule is CCOCCCNC(N)=NCC1(CN2CCOCC2)CCCCC1. The van der Waals surface area contributed by atoms with Crippen molar-refractivity contribution >= 4 is 5.96 Å². The lowest BCUT2D eigenvalue weighted by molar-refractivity contribution is 0.00938. The predicted molar refractivity (Wildman–Crippen MR) is 98.4 cm³/mol. The molecule has 1 aliphatic carbocycles. The first-order chi connectivity index (χ1) is 11.7. The Morgan fingerprint density at radius 1 is 1.25 bits per heavy atom. The molecule has 0 aromatic heterocycles. The van der Waals surface area contributed by atoms with Gasteiger partial charge in [-0.15, -0.1) is 0 Å². The minimum absolute atomic E-state index is 0.299. The molecule has 1 heterocycles. The molecule has 6 nitrogen and oxygen atoms in total. The normalized spacial score (nSPS) is 22.5. The van der Waals surface area contributed by atoms with Gasteiger partial charge in [-0.05, 0) is 26.2 Å². The zero-order valence-electron chi connectivity index (χ0n) is 15.4. The Kier molecular flexibility index (Phi) is 8.84. The maximum absolute atomic E-state index is 6.06. The average Bonchev–Trinajstić information content (AvgIpc) is 2.62. The third-order valence-electron chi connectivity index (χ3n) is 5.14. The Bertz CT molecular complexity index is 364. The second-order valence-corrected chi connectivity index (χ2v) is 7.13. The van der Waals surface area contributed by atoms with Crippen LogP contribution >= 0.6 is 0 Å². The molecule has 2 aliphatic rings. The van der Waals surface area contributed by atoms with Crippen molar-refractivity contribution in [3.05, 3.63) is 0 Å². The minimum Gasteiger partial charge on any atom is -0.382 e. The molecule has 1 saturated carbocycles. The van der Waals surface area contributed by atoms with Crippen LogP contribution in [0.4, 0.5) is 0 Å². The molecular weight excluding hydrogens is 304 g/mol. The van der Waals surface area contributed by atoms with Crippen LogP contribution in [0.2, 0.25) is 0 Å². The van der Waals surface area contributed by atoms with Gasteiger partial charge in [0, 0.05) is 51.4 Å².